The molecule has 0 aliphatic rings. The molecule has 5 nitrogen and oxygen atoms in total. The highest BCUT2D eigenvalue weighted by molar-refractivity contribution is 7.92. The van der Waals surface area contributed by atoms with Crippen LogP contribution in [0.3, 0.4) is 0 Å². The Kier molecular flexibility index (Phi) is 4.47. The molecule has 1 aromatic carbocycles. The van der Waals surface area contributed by atoms with Crippen molar-refractivity contribution >= 4 is 27.0 Å². The van der Waals surface area contributed by atoms with E-state index in [0.29, 0.717) is 17.3 Å². The Morgan fingerprint density at radius 3 is 2.46 bits per heavy atom. The molecule has 7 heteroatoms. The zero-order valence-corrected chi connectivity index (χ0v) is 15.4. The lowest BCUT2D eigenvalue weighted by atomic mass is 10.0. The van der Waals surface area contributed by atoms with E-state index in [1.54, 1.807) is 19.2 Å². The Morgan fingerprint density at radius 2 is 1.88 bits per heavy atom. The lowest BCUT2D eigenvalue weighted by Crippen LogP contribution is -2.13. The minimum absolute atomic E-state index is 0.181. The maximum Gasteiger partial charge on any atom is 0.265 e. The van der Waals surface area contributed by atoms with Crippen LogP contribution in [0.5, 0.6) is 0 Å². The molecular weight excluding hydrogens is 342 g/mol. The number of thiophene rings is 1. The molecule has 0 bridgehead atoms. The second kappa shape index (κ2) is 6.41. The smallest absolute Gasteiger partial charge is 0.265 e. The molecule has 0 saturated carbocycles. The Bertz CT molecular complexity index is 925. The van der Waals surface area contributed by atoms with Gasteiger partial charge in [0.2, 0.25) is 0 Å². The summed E-state index contributed by atoms with van der Waals surface area (Å²) < 4.78 is 29.7. The number of benzene rings is 1. The van der Waals surface area contributed by atoms with E-state index in [1.165, 1.54) is 27.8 Å². The molecule has 126 valence electrons. The maximum atomic E-state index is 12.8. The van der Waals surface area contributed by atoms with E-state index in [-0.39, 0.29) is 4.90 Å². The van der Waals surface area contributed by atoms with Crippen LogP contribution in [0, 0.1) is 0 Å². The third kappa shape index (κ3) is 3.37. The fraction of sp³-hybridized carbons (Fsp3) is 0.235. The average molecular weight is 361 g/mol. The summed E-state index contributed by atoms with van der Waals surface area (Å²) in [6.45, 7) is 4.20. The van der Waals surface area contributed by atoms with Gasteiger partial charge in [-0.15, -0.1) is 11.3 Å². The first-order valence-corrected chi connectivity index (χ1v) is 9.93. The SMILES string of the molecule is CC(C)c1ccc(NS(=O)(=O)c2cn(C)nc2-c2cccs2)cc1. The van der Waals surface area contributed by atoms with Crippen LogP contribution in [0.25, 0.3) is 10.6 Å². The normalized spacial score (nSPS) is 11.8. The Labute approximate surface area is 146 Å². The first-order chi connectivity index (χ1) is 11.4. The number of hydrogen-bond donors (Lipinski definition) is 1. The van der Waals surface area contributed by atoms with Gasteiger partial charge >= 0.3 is 0 Å². The summed E-state index contributed by atoms with van der Waals surface area (Å²) in [6.07, 6.45) is 1.53. The van der Waals surface area contributed by atoms with Crippen LogP contribution in [0.4, 0.5) is 5.69 Å². The van der Waals surface area contributed by atoms with Gasteiger partial charge in [-0.3, -0.25) is 9.40 Å². The third-order valence-corrected chi connectivity index (χ3v) is 5.93. The molecule has 0 fully saturated rings. The minimum atomic E-state index is -3.71. The van der Waals surface area contributed by atoms with Gasteiger partial charge < -0.3 is 0 Å². The van der Waals surface area contributed by atoms with Crippen molar-refractivity contribution in [2.75, 3.05) is 4.72 Å². The van der Waals surface area contributed by atoms with Gasteiger partial charge in [0.05, 0.1) is 4.88 Å². The standard InChI is InChI=1S/C17H19N3O2S2/c1-12(2)13-6-8-14(9-7-13)19-24(21,22)16-11-20(3)18-17(16)15-5-4-10-23-15/h4-12,19H,1-3H3. The molecule has 0 aliphatic carbocycles. The van der Waals surface area contributed by atoms with E-state index in [0.717, 1.165) is 4.88 Å². The van der Waals surface area contributed by atoms with E-state index < -0.39 is 10.0 Å². The number of sulfonamides is 1. The molecule has 2 heterocycles. The molecule has 3 rings (SSSR count). The summed E-state index contributed by atoms with van der Waals surface area (Å²) in [5.41, 5.74) is 2.18. The van der Waals surface area contributed by atoms with Crippen LogP contribution in [0.1, 0.15) is 25.3 Å². The van der Waals surface area contributed by atoms with Crippen molar-refractivity contribution in [2.45, 2.75) is 24.7 Å². The van der Waals surface area contributed by atoms with Crippen molar-refractivity contribution < 1.29 is 8.42 Å². The Morgan fingerprint density at radius 1 is 1.17 bits per heavy atom. The lowest BCUT2D eigenvalue weighted by Gasteiger charge is -2.10. The van der Waals surface area contributed by atoms with Gasteiger partial charge in [-0.25, -0.2) is 8.42 Å². The van der Waals surface area contributed by atoms with Gasteiger partial charge in [-0.1, -0.05) is 32.0 Å². The predicted molar refractivity (Wildman–Crippen MR) is 97.9 cm³/mol. The van der Waals surface area contributed by atoms with Crippen LogP contribution in [0.15, 0.2) is 52.9 Å². The fourth-order valence-electron chi connectivity index (χ4n) is 2.39. The van der Waals surface area contributed by atoms with Crippen LogP contribution >= 0.6 is 11.3 Å². The van der Waals surface area contributed by atoms with Crippen LogP contribution in [-0.4, -0.2) is 18.2 Å². The zero-order valence-electron chi connectivity index (χ0n) is 13.7. The molecule has 0 atom stereocenters. The van der Waals surface area contributed by atoms with Crippen molar-refractivity contribution in [2.24, 2.45) is 7.05 Å². The van der Waals surface area contributed by atoms with Crippen molar-refractivity contribution in [3.8, 4) is 10.6 Å². The van der Waals surface area contributed by atoms with E-state index in [9.17, 15) is 8.42 Å². The number of hydrogen-bond acceptors (Lipinski definition) is 4. The molecule has 2 aromatic heterocycles. The molecule has 0 unspecified atom stereocenters. The monoisotopic (exact) mass is 361 g/mol. The van der Waals surface area contributed by atoms with E-state index >= 15 is 0 Å². The number of aromatic nitrogens is 2. The van der Waals surface area contributed by atoms with Gasteiger partial charge in [-0.2, -0.15) is 5.10 Å². The largest absolute Gasteiger partial charge is 0.280 e. The van der Waals surface area contributed by atoms with Crippen LogP contribution in [-0.2, 0) is 17.1 Å². The van der Waals surface area contributed by atoms with Gasteiger partial charge in [0, 0.05) is 18.9 Å². The summed E-state index contributed by atoms with van der Waals surface area (Å²) in [5, 5.41) is 6.21. The summed E-state index contributed by atoms with van der Waals surface area (Å²) in [4.78, 5) is 1.01. The van der Waals surface area contributed by atoms with E-state index in [4.69, 9.17) is 0 Å². The summed E-state index contributed by atoms with van der Waals surface area (Å²) in [7, 11) is -1.99. The second-order valence-electron chi connectivity index (χ2n) is 5.88. The number of anilines is 1. The second-order valence-corrected chi connectivity index (χ2v) is 8.47. The van der Waals surface area contributed by atoms with Crippen molar-refractivity contribution in [1.29, 1.82) is 0 Å². The molecule has 24 heavy (non-hydrogen) atoms. The van der Waals surface area contributed by atoms with Crippen molar-refractivity contribution in [3.05, 3.63) is 53.5 Å². The van der Waals surface area contributed by atoms with Crippen LogP contribution < -0.4 is 4.72 Å². The van der Waals surface area contributed by atoms with Gasteiger partial charge in [0.15, 0.2) is 0 Å². The molecule has 1 N–H and O–H groups in total. The highest BCUT2D eigenvalue weighted by Crippen LogP contribution is 2.30. The molecule has 0 radical (unpaired) electrons. The first kappa shape index (κ1) is 16.7. The number of rotatable bonds is 5. The molecule has 0 spiro atoms. The van der Waals surface area contributed by atoms with Crippen molar-refractivity contribution in [1.82, 2.24) is 9.78 Å². The lowest BCUT2D eigenvalue weighted by molar-refractivity contribution is 0.601. The fourth-order valence-corrected chi connectivity index (χ4v) is 4.43. The molecule has 0 saturated heterocycles. The Balaban J connectivity index is 1.94. The summed E-state index contributed by atoms with van der Waals surface area (Å²) in [6, 6.07) is 11.2. The molecular formula is C17H19N3O2S2. The average Bonchev–Trinajstić information content (AvgIpc) is 3.16. The van der Waals surface area contributed by atoms with Gasteiger partial charge in [0.1, 0.15) is 10.6 Å². The highest BCUT2D eigenvalue weighted by atomic mass is 32.2. The van der Waals surface area contributed by atoms with Crippen LogP contribution in [0.2, 0.25) is 0 Å². The molecule has 0 amide bonds. The predicted octanol–water partition coefficient (Wildman–Crippen LogP) is 4.07. The topological polar surface area (TPSA) is 64.0 Å². The molecule has 0 aliphatic heterocycles. The zero-order chi connectivity index (χ0) is 17.3. The van der Waals surface area contributed by atoms with Gasteiger partial charge in [-0.05, 0) is 35.1 Å². The van der Waals surface area contributed by atoms with Crippen molar-refractivity contribution in [3.63, 3.8) is 0 Å². The molecule has 3 aromatic rings. The maximum absolute atomic E-state index is 12.8. The number of nitrogens with zero attached hydrogens (tertiary/aromatic N) is 2. The quantitative estimate of drug-likeness (QED) is 0.745. The van der Waals surface area contributed by atoms with E-state index in [2.05, 4.69) is 23.7 Å². The first-order valence-electron chi connectivity index (χ1n) is 7.57. The highest BCUT2D eigenvalue weighted by Gasteiger charge is 2.23. The number of nitrogens with one attached hydrogen (secondary N) is 1. The summed E-state index contributed by atoms with van der Waals surface area (Å²) >= 11 is 1.46. The van der Waals surface area contributed by atoms with Gasteiger partial charge in [0.25, 0.3) is 10.0 Å². The summed E-state index contributed by atoms with van der Waals surface area (Å²) in [5.74, 6) is 0.402. The Hall–Kier alpha value is -2.12. The third-order valence-electron chi connectivity index (χ3n) is 3.67. The minimum Gasteiger partial charge on any atom is -0.280 e. The number of aryl methyl sites for hydroxylation is 1. The van der Waals surface area contributed by atoms with E-state index in [1.807, 2.05) is 29.6 Å².